The first kappa shape index (κ1) is 16.7. The van der Waals surface area contributed by atoms with Gasteiger partial charge >= 0.3 is 0 Å². The van der Waals surface area contributed by atoms with Gasteiger partial charge in [-0.2, -0.15) is 5.10 Å². The van der Waals surface area contributed by atoms with Crippen LogP contribution >= 0.6 is 0 Å². The first-order valence-corrected chi connectivity index (χ1v) is 8.85. The third-order valence-corrected chi connectivity index (χ3v) is 5.46. The molecule has 1 aromatic carbocycles. The Kier molecular flexibility index (Phi) is 4.48. The second-order valence-electron chi connectivity index (χ2n) is 7.01. The van der Waals surface area contributed by atoms with E-state index in [1.165, 1.54) is 11.1 Å². The summed E-state index contributed by atoms with van der Waals surface area (Å²) in [6.07, 6.45) is 2.73. The van der Waals surface area contributed by atoms with E-state index in [1.807, 2.05) is 18.5 Å². The number of carbonyl (C=O) groups excluding carboxylic acids is 1. The topological polar surface area (TPSA) is 38.1 Å². The number of carbonyl (C=O) groups is 1. The number of hydrogen-bond donors (Lipinski definition) is 0. The number of rotatable bonds is 3. The Morgan fingerprint density at radius 1 is 1.21 bits per heavy atom. The summed E-state index contributed by atoms with van der Waals surface area (Å²) in [6, 6.07) is 9.16. The summed E-state index contributed by atoms with van der Waals surface area (Å²) >= 11 is 0. The molecule has 3 atom stereocenters. The zero-order valence-corrected chi connectivity index (χ0v) is 15.3. The second-order valence-corrected chi connectivity index (χ2v) is 7.01. The van der Waals surface area contributed by atoms with Crippen LogP contribution in [0.1, 0.15) is 60.3 Å². The molecule has 4 nitrogen and oxygen atoms in total. The zero-order chi connectivity index (χ0) is 17.4. The number of likely N-dealkylation sites (tertiary alicyclic amines) is 1. The van der Waals surface area contributed by atoms with E-state index in [4.69, 9.17) is 0 Å². The molecule has 0 bridgehead atoms. The molecule has 4 heteroatoms. The monoisotopic (exact) mass is 325 g/mol. The van der Waals surface area contributed by atoms with Crippen LogP contribution < -0.4 is 0 Å². The van der Waals surface area contributed by atoms with E-state index in [0.29, 0.717) is 5.92 Å². The predicted molar refractivity (Wildman–Crippen MR) is 96.3 cm³/mol. The number of benzene rings is 1. The lowest BCUT2D eigenvalue weighted by Crippen LogP contribution is -2.39. The lowest BCUT2D eigenvalue weighted by molar-refractivity contribution is 0.0687. The van der Waals surface area contributed by atoms with Gasteiger partial charge in [0, 0.05) is 30.2 Å². The average molecular weight is 325 g/mol. The fraction of sp³-hybridized carbons (Fsp3) is 0.500. The summed E-state index contributed by atoms with van der Waals surface area (Å²) in [7, 11) is 0. The standard InChI is InChI=1S/C20H27N3O/c1-6-22-15(4)19(12-21-22)20(24)23-14(3)11-18(16(23)5)17-9-7-13(2)8-10-17/h7-10,12,14,16,18H,6,11H2,1-5H3/t14-,16+,18-/m1/s1. The molecule has 128 valence electrons. The van der Waals surface area contributed by atoms with Crippen molar-refractivity contribution >= 4 is 5.91 Å². The van der Waals surface area contributed by atoms with Crippen LogP contribution in [0.25, 0.3) is 0 Å². The number of hydrogen-bond acceptors (Lipinski definition) is 2. The van der Waals surface area contributed by atoms with E-state index >= 15 is 0 Å². The van der Waals surface area contributed by atoms with Gasteiger partial charge in [-0.25, -0.2) is 0 Å². The van der Waals surface area contributed by atoms with Crippen LogP contribution in [0.5, 0.6) is 0 Å². The van der Waals surface area contributed by atoms with E-state index < -0.39 is 0 Å². The Morgan fingerprint density at radius 3 is 2.46 bits per heavy atom. The molecule has 1 saturated heterocycles. The summed E-state index contributed by atoms with van der Waals surface area (Å²) in [5.41, 5.74) is 4.30. The van der Waals surface area contributed by atoms with Gasteiger partial charge in [-0.15, -0.1) is 0 Å². The predicted octanol–water partition coefficient (Wildman–Crippen LogP) is 3.93. The van der Waals surface area contributed by atoms with Crippen molar-refractivity contribution < 1.29 is 4.79 Å². The van der Waals surface area contributed by atoms with Gasteiger partial charge in [0.2, 0.25) is 0 Å². The molecule has 3 rings (SSSR count). The zero-order valence-electron chi connectivity index (χ0n) is 15.3. The van der Waals surface area contributed by atoms with Crippen molar-refractivity contribution in [2.75, 3.05) is 0 Å². The van der Waals surface area contributed by atoms with E-state index in [1.54, 1.807) is 6.20 Å². The first-order valence-electron chi connectivity index (χ1n) is 8.85. The van der Waals surface area contributed by atoms with Gasteiger partial charge < -0.3 is 4.90 Å². The molecular weight excluding hydrogens is 298 g/mol. The molecule has 1 aromatic heterocycles. The summed E-state index contributed by atoms with van der Waals surface area (Å²) in [5.74, 6) is 0.507. The van der Waals surface area contributed by atoms with E-state index in [-0.39, 0.29) is 18.0 Å². The number of aromatic nitrogens is 2. The van der Waals surface area contributed by atoms with Crippen molar-refractivity contribution in [2.45, 2.75) is 65.6 Å². The van der Waals surface area contributed by atoms with Gasteiger partial charge in [-0.3, -0.25) is 9.48 Å². The fourth-order valence-electron chi connectivity index (χ4n) is 4.00. The van der Waals surface area contributed by atoms with Crippen molar-refractivity contribution in [3.05, 3.63) is 52.8 Å². The molecule has 1 aliphatic heterocycles. The number of amides is 1. The third-order valence-electron chi connectivity index (χ3n) is 5.46. The van der Waals surface area contributed by atoms with E-state index in [0.717, 1.165) is 24.2 Å². The third kappa shape index (κ3) is 2.74. The Balaban J connectivity index is 1.87. The molecule has 0 aliphatic carbocycles. The Labute approximate surface area is 144 Å². The van der Waals surface area contributed by atoms with E-state index in [2.05, 4.69) is 55.0 Å². The van der Waals surface area contributed by atoms with Crippen molar-refractivity contribution in [1.82, 2.24) is 14.7 Å². The molecule has 2 aromatic rings. The molecular formula is C20H27N3O. The normalized spacial score (nSPS) is 23.7. The van der Waals surface area contributed by atoms with Crippen LogP contribution in [0, 0.1) is 13.8 Å². The minimum atomic E-state index is 0.113. The Morgan fingerprint density at radius 2 is 1.88 bits per heavy atom. The van der Waals surface area contributed by atoms with Crippen LogP contribution in [0.2, 0.25) is 0 Å². The van der Waals surface area contributed by atoms with Crippen LogP contribution in [-0.4, -0.2) is 32.7 Å². The van der Waals surface area contributed by atoms with Gasteiger partial charge in [0.05, 0.1) is 11.8 Å². The maximum Gasteiger partial charge on any atom is 0.257 e. The molecule has 0 unspecified atom stereocenters. The van der Waals surface area contributed by atoms with Crippen molar-refractivity contribution in [3.8, 4) is 0 Å². The minimum Gasteiger partial charge on any atom is -0.332 e. The van der Waals surface area contributed by atoms with Crippen molar-refractivity contribution in [2.24, 2.45) is 0 Å². The molecule has 1 aliphatic rings. The van der Waals surface area contributed by atoms with Gasteiger partial charge in [0.1, 0.15) is 0 Å². The van der Waals surface area contributed by atoms with E-state index in [9.17, 15) is 4.79 Å². The average Bonchev–Trinajstić information content (AvgIpc) is 3.07. The van der Waals surface area contributed by atoms with Gasteiger partial charge in [-0.05, 0) is 46.6 Å². The lowest BCUT2D eigenvalue weighted by atomic mass is 9.91. The summed E-state index contributed by atoms with van der Waals surface area (Å²) in [6.45, 7) is 11.2. The van der Waals surface area contributed by atoms with Crippen molar-refractivity contribution in [3.63, 3.8) is 0 Å². The van der Waals surface area contributed by atoms with Crippen LogP contribution in [0.3, 0.4) is 0 Å². The highest BCUT2D eigenvalue weighted by Crippen LogP contribution is 2.38. The highest BCUT2D eigenvalue weighted by Gasteiger charge is 2.40. The molecule has 1 fully saturated rings. The van der Waals surface area contributed by atoms with Crippen molar-refractivity contribution in [1.29, 1.82) is 0 Å². The van der Waals surface area contributed by atoms with Crippen LogP contribution in [0.15, 0.2) is 30.5 Å². The number of nitrogens with zero attached hydrogens (tertiary/aromatic N) is 3. The maximum atomic E-state index is 13.1. The smallest absolute Gasteiger partial charge is 0.257 e. The fourth-order valence-corrected chi connectivity index (χ4v) is 4.00. The minimum absolute atomic E-state index is 0.113. The molecule has 1 amide bonds. The van der Waals surface area contributed by atoms with Gasteiger partial charge in [-0.1, -0.05) is 29.8 Å². The summed E-state index contributed by atoms with van der Waals surface area (Å²) < 4.78 is 1.89. The maximum absolute atomic E-state index is 13.1. The van der Waals surface area contributed by atoms with Gasteiger partial charge in [0.25, 0.3) is 5.91 Å². The highest BCUT2D eigenvalue weighted by atomic mass is 16.2. The van der Waals surface area contributed by atoms with Crippen LogP contribution in [-0.2, 0) is 6.54 Å². The Bertz CT molecular complexity index is 732. The highest BCUT2D eigenvalue weighted by molar-refractivity contribution is 5.95. The molecule has 0 radical (unpaired) electrons. The summed E-state index contributed by atoms with van der Waals surface area (Å²) in [5, 5.41) is 4.33. The molecule has 0 N–H and O–H groups in total. The van der Waals surface area contributed by atoms with Gasteiger partial charge in [0.15, 0.2) is 0 Å². The quantitative estimate of drug-likeness (QED) is 0.857. The molecule has 24 heavy (non-hydrogen) atoms. The number of aryl methyl sites for hydroxylation is 2. The first-order chi connectivity index (χ1) is 11.4. The Hall–Kier alpha value is -2.10. The lowest BCUT2D eigenvalue weighted by Gasteiger charge is -2.28. The largest absolute Gasteiger partial charge is 0.332 e. The SMILES string of the molecule is CCn1ncc(C(=O)N2[C@H](C)C[C@@H](c3ccc(C)cc3)[C@@H]2C)c1C. The molecule has 0 spiro atoms. The summed E-state index contributed by atoms with van der Waals surface area (Å²) in [4.78, 5) is 15.2. The molecule has 2 heterocycles. The molecule has 0 saturated carbocycles. The second kappa shape index (κ2) is 6.42. The van der Waals surface area contributed by atoms with Crippen LogP contribution in [0.4, 0.5) is 0 Å².